The first kappa shape index (κ1) is 26.4. The summed E-state index contributed by atoms with van der Waals surface area (Å²) in [6.07, 6.45) is 0.225. The van der Waals surface area contributed by atoms with Gasteiger partial charge in [-0.15, -0.1) is 0 Å². The molecule has 3 aromatic rings. The highest BCUT2D eigenvalue weighted by molar-refractivity contribution is 5.29. The van der Waals surface area contributed by atoms with Crippen LogP contribution in [0.5, 0.6) is 0 Å². The fraction of sp³-hybridized carbons (Fsp3) is 0.400. The third-order valence-electron chi connectivity index (χ3n) is 7.29. The van der Waals surface area contributed by atoms with E-state index in [4.69, 9.17) is 15.0 Å². The molecular formula is C30H36N6O2. The van der Waals surface area contributed by atoms with E-state index in [0.29, 0.717) is 33.0 Å². The van der Waals surface area contributed by atoms with Gasteiger partial charge in [-0.25, -0.2) is 0 Å². The van der Waals surface area contributed by atoms with Crippen LogP contribution in [0.2, 0.25) is 0 Å². The van der Waals surface area contributed by atoms with Crippen LogP contribution in [0.4, 0.5) is 0 Å². The summed E-state index contributed by atoms with van der Waals surface area (Å²) in [6.45, 7) is 6.47. The Morgan fingerprint density at radius 3 is 1.82 bits per heavy atom. The predicted octanol–water partition coefficient (Wildman–Crippen LogP) is 5.65. The molecule has 4 unspecified atom stereocenters. The fourth-order valence-corrected chi connectivity index (χ4v) is 5.74. The topological polar surface area (TPSA) is 85.7 Å². The van der Waals surface area contributed by atoms with E-state index in [1.807, 2.05) is 0 Å². The van der Waals surface area contributed by atoms with Crippen molar-refractivity contribution >= 4 is 0 Å². The molecule has 0 amide bonds. The van der Waals surface area contributed by atoms with Crippen molar-refractivity contribution in [3.8, 4) is 0 Å². The zero-order valence-corrected chi connectivity index (χ0v) is 21.9. The minimum Gasteiger partial charge on any atom is -0.379 e. The molecule has 5 rings (SSSR count). The number of azide groups is 1. The highest BCUT2D eigenvalue weighted by Crippen LogP contribution is 2.48. The van der Waals surface area contributed by atoms with Crippen LogP contribution in [0.15, 0.2) is 96.1 Å². The van der Waals surface area contributed by atoms with Crippen LogP contribution in [0.25, 0.3) is 10.4 Å². The first-order chi connectivity index (χ1) is 18.7. The van der Waals surface area contributed by atoms with E-state index in [0.717, 1.165) is 13.1 Å². The van der Waals surface area contributed by atoms with Crippen molar-refractivity contribution in [3.05, 3.63) is 118 Å². The van der Waals surface area contributed by atoms with Crippen LogP contribution < -0.4 is 5.32 Å². The van der Waals surface area contributed by atoms with Crippen LogP contribution in [-0.4, -0.2) is 55.9 Å². The van der Waals surface area contributed by atoms with Gasteiger partial charge in [0.1, 0.15) is 0 Å². The highest BCUT2D eigenvalue weighted by atomic mass is 16.5. The SMILES string of the molecule is CC1(COCCOCCN=[N+]=[N-])CN2C(c3ccccc3)NC(c3ccccc3)N(C1)C2c1ccccc1. The summed E-state index contributed by atoms with van der Waals surface area (Å²) >= 11 is 0. The normalized spacial score (nSPS) is 28.4. The third-order valence-corrected chi connectivity index (χ3v) is 7.29. The number of rotatable bonds is 11. The Morgan fingerprint density at radius 1 is 0.789 bits per heavy atom. The molecule has 3 aromatic carbocycles. The largest absolute Gasteiger partial charge is 0.379 e. The quantitative estimate of drug-likeness (QED) is 0.155. The Bertz CT molecular complexity index is 1130. The van der Waals surface area contributed by atoms with Crippen LogP contribution in [0.3, 0.4) is 0 Å². The van der Waals surface area contributed by atoms with Crippen LogP contribution in [0, 0.1) is 5.41 Å². The standard InChI is InChI=1S/C30H36N6O2/c1-30(23-38-20-19-37-18-17-32-34-31)21-35-27(24-11-5-2-6-12-24)33-28(25-13-7-3-8-14-25)36(22-30)29(35)26-15-9-4-10-16-26/h2-16,27-29,33H,17-23H2,1H3. The maximum absolute atomic E-state index is 8.39. The average molecular weight is 513 g/mol. The Kier molecular flexibility index (Phi) is 8.71. The predicted molar refractivity (Wildman–Crippen MR) is 148 cm³/mol. The van der Waals surface area contributed by atoms with Gasteiger partial charge in [0.15, 0.2) is 0 Å². The smallest absolute Gasteiger partial charge is 0.0916 e. The summed E-state index contributed by atoms with van der Waals surface area (Å²) in [5, 5.41) is 7.48. The molecule has 2 fully saturated rings. The van der Waals surface area contributed by atoms with Crippen molar-refractivity contribution in [2.75, 3.05) is 46.1 Å². The molecule has 8 nitrogen and oxygen atoms in total. The van der Waals surface area contributed by atoms with Crippen molar-refractivity contribution < 1.29 is 9.47 Å². The van der Waals surface area contributed by atoms with Crippen LogP contribution in [0.1, 0.15) is 42.1 Å². The molecule has 4 atom stereocenters. The number of nitrogens with zero attached hydrogens (tertiary/aromatic N) is 5. The van der Waals surface area contributed by atoms with E-state index in [1.165, 1.54) is 16.7 Å². The molecule has 0 spiro atoms. The van der Waals surface area contributed by atoms with Gasteiger partial charge in [0.05, 0.1) is 44.9 Å². The highest BCUT2D eigenvalue weighted by Gasteiger charge is 2.51. The van der Waals surface area contributed by atoms with Gasteiger partial charge in [-0.05, 0) is 22.2 Å². The number of hydrogen-bond donors (Lipinski definition) is 1. The van der Waals surface area contributed by atoms with Crippen LogP contribution >= 0.6 is 0 Å². The van der Waals surface area contributed by atoms with E-state index < -0.39 is 0 Å². The van der Waals surface area contributed by atoms with Gasteiger partial charge in [-0.3, -0.25) is 15.1 Å². The number of benzene rings is 3. The van der Waals surface area contributed by atoms with Gasteiger partial charge >= 0.3 is 0 Å². The molecule has 0 saturated carbocycles. The number of nitrogens with one attached hydrogen (secondary N) is 1. The Hall–Kier alpha value is -3.23. The second kappa shape index (κ2) is 12.5. The lowest BCUT2D eigenvalue weighted by Crippen LogP contribution is -2.66. The lowest BCUT2D eigenvalue weighted by Gasteiger charge is -2.60. The van der Waals surface area contributed by atoms with Gasteiger partial charge in [-0.1, -0.05) is 103 Å². The van der Waals surface area contributed by atoms with Crippen molar-refractivity contribution in [2.24, 2.45) is 10.5 Å². The van der Waals surface area contributed by atoms with E-state index in [1.54, 1.807) is 0 Å². The fourth-order valence-electron chi connectivity index (χ4n) is 5.74. The molecule has 0 radical (unpaired) electrons. The van der Waals surface area contributed by atoms with Crippen molar-refractivity contribution in [2.45, 2.75) is 25.4 Å². The molecule has 8 heteroatoms. The maximum atomic E-state index is 8.39. The molecule has 38 heavy (non-hydrogen) atoms. The van der Waals surface area contributed by atoms with Crippen molar-refractivity contribution in [3.63, 3.8) is 0 Å². The monoisotopic (exact) mass is 512 g/mol. The van der Waals surface area contributed by atoms with Crippen molar-refractivity contribution in [1.29, 1.82) is 0 Å². The lowest BCUT2D eigenvalue weighted by atomic mass is 9.83. The van der Waals surface area contributed by atoms with E-state index in [-0.39, 0.29) is 23.9 Å². The lowest BCUT2D eigenvalue weighted by molar-refractivity contribution is -0.176. The average Bonchev–Trinajstić information content (AvgIpc) is 2.96. The molecule has 0 aromatic heterocycles. The number of fused-ring (bicyclic) bond motifs is 2. The zero-order chi connectivity index (χ0) is 26.2. The zero-order valence-electron chi connectivity index (χ0n) is 21.9. The molecule has 2 aliphatic rings. The Balaban J connectivity index is 1.42. The Labute approximate surface area is 224 Å². The molecular weight excluding hydrogens is 476 g/mol. The number of hydrogen-bond acceptors (Lipinski definition) is 6. The molecule has 2 bridgehead atoms. The summed E-state index contributed by atoms with van der Waals surface area (Å²) in [6, 6.07) is 32.3. The molecule has 2 aliphatic heterocycles. The molecule has 2 heterocycles. The molecule has 2 saturated heterocycles. The molecule has 0 aliphatic carbocycles. The summed E-state index contributed by atoms with van der Waals surface area (Å²) in [5.74, 6) is 0. The van der Waals surface area contributed by atoms with E-state index >= 15 is 0 Å². The minimum atomic E-state index is -0.0848. The first-order valence-electron chi connectivity index (χ1n) is 13.3. The van der Waals surface area contributed by atoms with Gasteiger partial charge in [0.2, 0.25) is 0 Å². The van der Waals surface area contributed by atoms with Gasteiger partial charge in [0, 0.05) is 30.0 Å². The first-order valence-corrected chi connectivity index (χ1v) is 13.3. The van der Waals surface area contributed by atoms with Gasteiger partial charge in [0.25, 0.3) is 0 Å². The minimum absolute atomic E-state index is 0.0477. The molecule has 1 N–H and O–H groups in total. The third kappa shape index (κ3) is 6.08. The number of ether oxygens (including phenoxy) is 2. The second-order valence-corrected chi connectivity index (χ2v) is 10.4. The van der Waals surface area contributed by atoms with E-state index in [2.05, 4.69) is 123 Å². The van der Waals surface area contributed by atoms with E-state index in [9.17, 15) is 0 Å². The second-order valence-electron chi connectivity index (χ2n) is 10.4. The van der Waals surface area contributed by atoms with Gasteiger partial charge < -0.3 is 9.47 Å². The molecule has 198 valence electrons. The maximum Gasteiger partial charge on any atom is 0.0916 e. The van der Waals surface area contributed by atoms with Crippen molar-refractivity contribution in [1.82, 2.24) is 15.1 Å². The summed E-state index contributed by atoms with van der Waals surface area (Å²) < 4.78 is 11.7. The van der Waals surface area contributed by atoms with Gasteiger partial charge in [-0.2, -0.15) is 0 Å². The Morgan fingerprint density at radius 2 is 1.29 bits per heavy atom. The summed E-state index contributed by atoms with van der Waals surface area (Å²) in [7, 11) is 0. The summed E-state index contributed by atoms with van der Waals surface area (Å²) in [4.78, 5) is 7.93. The van der Waals surface area contributed by atoms with Crippen LogP contribution in [-0.2, 0) is 9.47 Å². The summed E-state index contributed by atoms with van der Waals surface area (Å²) in [5.41, 5.74) is 12.1.